The number of benzene rings is 1. The number of hydrogen-bond donors (Lipinski definition) is 0. The van der Waals surface area contributed by atoms with Gasteiger partial charge in [0, 0.05) is 17.0 Å². The van der Waals surface area contributed by atoms with Gasteiger partial charge in [-0.3, -0.25) is 4.79 Å². The van der Waals surface area contributed by atoms with Crippen molar-refractivity contribution < 1.29 is 14.3 Å². The first kappa shape index (κ1) is 23.9. The van der Waals surface area contributed by atoms with E-state index < -0.39 is 5.97 Å². The maximum absolute atomic E-state index is 12.5. The quantitative estimate of drug-likeness (QED) is 0.493. The van der Waals surface area contributed by atoms with E-state index in [0.29, 0.717) is 29.0 Å². The van der Waals surface area contributed by atoms with Gasteiger partial charge in [-0.1, -0.05) is 25.5 Å². The molecule has 4 aliphatic rings. The first-order valence-corrected chi connectivity index (χ1v) is 13.4. The van der Waals surface area contributed by atoms with Crippen molar-refractivity contribution in [3.8, 4) is 11.8 Å². The molecule has 0 saturated heterocycles. The Hall–Kier alpha value is -3.46. The molecule has 37 heavy (non-hydrogen) atoms. The minimum Gasteiger partial charge on any atom is -0.464 e. The molecule has 6 atom stereocenters. The lowest BCUT2D eigenvalue weighted by Gasteiger charge is -2.57. The van der Waals surface area contributed by atoms with Crippen molar-refractivity contribution in [3.05, 3.63) is 71.1 Å². The van der Waals surface area contributed by atoms with E-state index >= 15 is 0 Å². The smallest absolute Gasteiger partial charge is 0.358 e. The summed E-state index contributed by atoms with van der Waals surface area (Å²) in [5, 5.41) is 13.9. The predicted octanol–water partition coefficient (Wildman–Crippen LogP) is 5.92. The Balaban J connectivity index is 1.37. The fraction of sp³-hybridized carbons (Fsp3) is 0.484. The zero-order valence-corrected chi connectivity index (χ0v) is 21.7. The summed E-state index contributed by atoms with van der Waals surface area (Å²) in [6.07, 6.45) is 12.5. The normalized spacial score (nSPS) is 34.1. The van der Waals surface area contributed by atoms with Gasteiger partial charge < -0.3 is 4.74 Å². The largest absolute Gasteiger partial charge is 0.464 e. The van der Waals surface area contributed by atoms with Crippen molar-refractivity contribution in [2.75, 3.05) is 7.11 Å². The number of esters is 1. The summed E-state index contributed by atoms with van der Waals surface area (Å²) >= 11 is 0. The first-order valence-electron chi connectivity index (χ1n) is 13.4. The third-order valence-electron chi connectivity index (χ3n) is 10.3. The number of fused-ring (bicyclic) bond motifs is 5. The van der Waals surface area contributed by atoms with Crippen LogP contribution in [0.1, 0.15) is 80.0 Å². The van der Waals surface area contributed by atoms with Crippen molar-refractivity contribution in [3.63, 3.8) is 0 Å². The van der Waals surface area contributed by atoms with Crippen LogP contribution in [0.25, 0.3) is 5.69 Å². The third kappa shape index (κ3) is 3.54. The highest BCUT2D eigenvalue weighted by molar-refractivity contribution is 6.01. The lowest BCUT2D eigenvalue weighted by Crippen LogP contribution is -2.49. The van der Waals surface area contributed by atoms with Crippen LogP contribution < -0.4 is 0 Å². The number of aromatic nitrogens is 2. The number of nitriles is 1. The molecular formula is C31H33N3O3. The minimum absolute atomic E-state index is 0.0153. The summed E-state index contributed by atoms with van der Waals surface area (Å²) in [6.45, 7) is 4.80. The van der Waals surface area contributed by atoms with Crippen LogP contribution in [0.2, 0.25) is 0 Å². The maximum atomic E-state index is 12.5. The molecule has 0 unspecified atom stereocenters. The molecule has 4 aliphatic carbocycles. The highest BCUT2D eigenvalue weighted by Gasteiger charge is 2.59. The average Bonchev–Trinajstić information content (AvgIpc) is 3.49. The van der Waals surface area contributed by atoms with Crippen molar-refractivity contribution in [1.82, 2.24) is 9.78 Å². The summed E-state index contributed by atoms with van der Waals surface area (Å²) in [5.41, 5.74) is 4.22. The minimum atomic E-state index is -0.435. The zero-order chi connectivity index (χ0) is 25.9. The second-order valence-corrected chi connectivity index (χ2v) is 11.8. The Morgan fingerprint density at radius 3 is 2.65 bits per heavy atom. The monoisotopic (exact) mass is 495 g/mol. The number of carbonyl (C=O) groups is 2. The van der Waals surface area contributed by atoms with Gasteiger partial charge in [0.1, 0.15) is 0 Å². The molecule has 2 aromatic rings. The van der Waals surface area contributed by atoms with Crippen LogP contribution in [-0.2, 0) is 9.53 Å². The number of carbonyl (C=O) groups excluding carboxylic acids is 2. The van der Waals surface area contributed by atoms with Gasteiger partial charge in [0.2, 0.25) is 0 Å². The SMILES string of the molecule is COC(=O)c1cc([C@H]2CC[C@H]3[C@@H]4CCC5=CC(=O)C=C[C@]5(C)[C@H]4CC[C@]23C)n(-c2ccc(C#N)cc2)n1. The molecule has 1 heterocycles. The standard InChI is InChI=1S/C31H33N3O3/c1-30-14-12-22(35)16-20(30)6-9-23-24-10-11-26(31(24,2)15-13-25(23)30)28-17-27(29(36)37-3)33-34(28)21-7-4-19(18-32)5-8-21/h4-5,7-8,12,14,16-17,23-26H,6,9-11,13,15H2,1-3H3/t23-,24-,25-,26+,30-,31-/m0/s1. The van der Waals surface area contributed by atoms with Crippen LogP contribution in [0, 0.1) is 39.9 Å². The van der Waals surface area contributed by atoms with Gasteiger partial charge in [0.05, 0.1) is 24.4 Å². The van der Waals surface area contributed by atoms with Crippen molar-refractivity contribution in [1.29, 1.82) is 5.26 Å². The Morgan fingerprint density at radius 2 is 1.92 bits per heavy atom. The molecule has 0 spiro atoms. The van der Waals surface area contributed by atoms with Crippen LogP contribution in [0.15, 0.2) is 54.1 Å². The number of methoxy groups -OCH3 is 1. The number of allylic oxidation sites excluding steroid dienone is 4. The maximum Gasteiger partial charge on any atom is 0.358 e. The number of nitrogens with zero attached hydrogens (tertiary/aromatic N) is 3. The Bertz CT molecular complexity index is 1380. The molecule has 0 amide bonds. The van der Waals surface area contributed by atoms with Gasteiger partial charge >= 0.3 is 5.97 Å². The van der Waals surface area contributed by atoms with Gasteiger partial charge in [-0.2, -0.15) is 10.4 Å². The lowest BCUT2D eigenvalue weighted by atomic mass is 9.47. The van der Waals surface area contributed by atoms with E-state index in [4.69, 9.17) is 4.74 Å². The van der Waals surface area contributed by atoms with E-state index in [2.05, 4.69) is 31.1 Å². The molecule has 3 fully saturated rings. The fourth-order valence-electron chi connectivity index (χ4n) is 8.42. The molecule has 1 aromatic carbocycles. The van der Waals surface area contributed by atoms with E-state index in [1.807, 2.05) is 29.0 Å². The van der Waals surface area contributed by atoms with Gasteiger partial charge in [-0.05, 0) is 104 Å². The molecular weight excluding hydrogens is 462 g/mol. The van der Waals surface area contributed by atoms with Crippen LogP contribution in [-0.4, -0.2) is 28.6 Å². The lowest BCUT2D eigenvalue weighted by molar-refractivity contribution is -0.111. The number of ether oxygens (including phenoxy) is 1. The molecule has 0 radical (unpaired) electrons. The highest BCUT2D eigenvalue weighted by atomic mass is 16.5. The van der Waals surface area contributed by atoms with Gasteiger partial charge in [0.25, 0.3) is 0 Å². The van der Waals surface area contributed by atoms with Crippen molar-refractivity contribution >= 4 is 11.8 Å². The van der Waals surface area contributed by atoms with E-state index in [0.717, 1.165) is 49.9 Å². The van der Waals surface area contributed by atoms with Crippen molar-refractivity contribution in [2.24, 2.45) is 28.6 Å². The van der Waals surface area contributed by atoms with Crippen LogP contribution >= 0.6 is 0 Å². The van der Waals surface area contributed by atoms with Gasteiger partial charge in [-0.15, -0.1) is 0 Å². The molecule has 0 N–H and O–H groups in total. The van der Waals surface area contributed by atoms with E-state index in [-0.39, 0.29) is 22.5 Å². The topological polar surface area (TPSA) is 85.0 Å². The zero-order valence-electron chi connectivity index (χ0n) is 21.7. The van der Waals surface area contributed by atoms with Crippen LogP contribution in [0.5, 0.6) is 0 Å². The van der Waals surface area contributed by atoms with Gasteiger partial charge in [0.15, 0.2) is 11.5 Å². The molecule has 0 bridgehead atoms. The second-order valence-electron chi connectivity index (χ2n) is 11.8. The summed E-state index contributed by atoms with van der Waals surface area (Å²) in [6, 6.07) is 11.5. The Morgan fingerprint density at radius 1 is 1.14 bits per heavy atom. The van der Waals surface area contributed by atoms with E-state index in [1.54, 1.807) is 18.2 Å². The first-order chi connectivity index (χ1) is 17.8. The molecule has 6 rings (SSSR count). The molecule has 3 saturated carbocycles. The summed E-state index contributed by atoms with van der Waals surface area (Å²) in [5.74, 6) is 1.73. The second kappa shape index (κ2) is 8.55. The molecule has 6 heteroatoms. The number of hydrogen-bond acceptors (Lipinski definition) is 5. The van der Waals surface area contributed by atoms with E-state index in [9.17, 15) is 14.9 Å². The van der Waals surface area contributed by atoms with Crippen molar-refractivity contribution in [2.45, 2.75) is 58.3 Å². The molecule has 1 aromatic heterocycles. The van der Waals surface area contributed by atoms with Crippen LogP contribution in [0.4, 0.5) is 0 Å². The Kier molecular flexibility index (Phi) is 5.52. The average molecular weight is 496 g/mol. The fourth-order valence-corrected chi connectivity index (χ4v) is 8.42. The van der Waals surface area contributed by atoms with Crippen LogP contribution in [0.3, 0.4) is 0 Å². The van der Waals surface area contributed by atoms with Gasteiger partial charge in [-0.25, -0.2) is 9.48 Å². The van der Waals surface area contributed by atoms with E-state index in [1.165, 1.54) is 12.7 Å². The summed E-state index contributed by atoms with van der Waals surface area (Å²) < 4.78 is 6.92. The predicted molar refractivity (Wildman–Crippen MR) is 139 cm³/mol. The highest BCUT2D eigenvalue weighted by Crippen LogP contribution is 2.67. The number of ketones is 1. The summed E-state index contributed by atoms with van der Waals surface area (Å²) in [4.78, 5) is 24.6. The molecule has 190 valence electrons. The molecule has 0 aliphatic heterocycles. The summed E-state index contributed by atoms with van der Waals surface area (Å²) in [7, 11) is 1.39. The molecule has 6 nitrogen and oxygen atoms in total. The number of rotatable bonds is 3. The third-order valence-corrected chi connectivity index (χ3v) is 10.3. The Labute approximate surface area is 218 Å².